The van der Waals surface area contributed by atoms with Crippen LogP contribution in [0.1, 0.15) is 38.5 Å². The number of fused-ring (bicyclic) bond motifs is 3. The Labute approximate surface area is 67.2 Å². The Kier molecular flexibility index (Phi) is 1.34. The first-order valence-corrected chi connectivity index (χ1v) is 4.52. The second-order valence-electron chi connectivity index (χ2n) is 3.95. The first-order chi connectivity index (χ1) is 4.62. The molecule has 0 atom stereocenters. The van der Waals surface area contributed by atoms with Crippen molar-refractivity contribution >= 4 is 12.6 Å². The fourth-order valence-electron chi connectivity index (χ4n) is 2.15. The Morgan fingerprint density at radius 3 is 1.60 bits per heavy atom. The molecule has 1 nitrogen and oxygen atoms in total. The molecule has 0 aromatic carbocycles. The maximum atomic E-state index is 9.80. The lowest BCUT2D eigenvalue weighted by atomic mass is 9.67. The first-order valence-electron chi connectivity index (χ1n) is 4.07. The SMILES string of the molecule is OC12CCC(S)(CC1)CC2. The van der Waals surface area contributed by atoms with E-state index in [1.807, 2.05) is 0 Å². The largest absolute Gasteiger partial charge is 0.390 e. The molecule has 58 valence electrons. The van der Waals surface area contributed by atoms with Crippen LogP contribution < -0.4 is 0 Å². The van der Waals surface area contributed by atoms with Crippen molar-refractivity contribution in [2.75, 3.05) is 0 Å². The lowest BCUT2D eigenvalue weighted by Crippen LogP contribution is -2.46. The normalized spacial score (nSPS) is 53.4. The van der Waals surface area contributed by atoms with Gasteiger partial charge in [-0.15, -0.1) is 0 Å². The van der Waals surface area contributed by atoms with Crippen molar-refractivity contribution in [3.8, 4) is 0 Å². The van der Waals surface area contributed by atoms with Gasteiger partial charge in [0.2, 0.25) is 0 Å². The molecule has 2 bridgehead atoms. The zero-order valence-electron chi connectivity index (χ0n) is 6.14. The van der Waals surface area contributed by atoms with Gasteiger partial charge in [-0.2, -0.15) is 12.6 Å². The lowest BCUT2D eigenvalue weighted by Gasteiger charge is -2.48. The summed E-state index contributed by atoms with van der Waals surface area (Å²) in [5, 5.41) is 9.80. The molecule has 0 heterocycles. The standard InChI is InChI=1S/C8H14OS/c9-7-1-4-8(10,5-2-7)6-3-7/h9-10H,1-6H2. The van der Waals surface area contributed by atoms with Gasteiger partial charge in [-0.3, -0.25) is 0 Å². The Morgan fingerprint density at radius 1 is 0.900 bits per heavy atom. The lowest BCUT2D eigenvalue weighted by molar-refractivity contribution is -0.0450. The fourth-order valence-corrected chi connectivity index (χ4v) is 2.48. The van der Waals surface area contributed by atoms with Gasteiger partial charge in [0.25, 0.3) is 0 Å². The predicted molar refractivity (Wildman–Crippen MR) is 44.4 cm³/mol. The van der Waals surface area contributed by atoms with E-state index in [9.17, 15) is 5.11 Å². The molecule has 2 heteroatoms. The van der Waals surface area contributed by atoms with Crippen LogP contribution in [0.25, 0.3) is 0 Å². The summed E-state index contributed by atoms with van der Waals surface area (Å²) < 4.78 is 0.296. The molecular weight excluding hydrogens is 144 g/mol. The van der Waals surface area contributed by atoms with E-state index in [1.54, 1.807) is 0 Å². The average Bonchev–Trinajstić information content (AvgIpc) is 1.93. The molecule has 0 aromatic rings. The van der Waals surface area contributed by atoms with E-state index in [-0.39, 0.29) is 5.60 Å². The fraction of sp³-hybridized carbons (Fsp3) is 1.00. The molecule has 3 aliphatic rings. The molecular formula is C8H14OS. The van der Waals surface area contributed by atoms with Crippen molar-refractivity contribution in [1.29, 1.82) is 0 Å². The van der Waals surface area contributed by atoms with Gasteiger partial charge in [-0.05, 0) is 38.5 Å². The summed E-state index contributed by atoms with van der Waals surface area (Å²) in [5.41, 5.74) is -0.287. The highest BCUT2D eigenvalue weighted by atomic mass is 32.1. The molecule has 3 saturated carbocycles. The Hall–Kier alpha value is 0.310. The summed E-state index contributed by atoms with van der Waals surface area (Å²) in [6.45, 7) is 0. The van der Waals surface area contributed by atoms with E-state index in [0.29, 0.717) is 4.75 Å². The number of thiol groups is 1. The smallest absolute Gasteiger partial charge is 0.0649 e. The van der Waals surface area contributed by atoms with Crippen LogP contribution in [-0.2, 0) is 0 Å². The topological polar surface area (TPSA) is 20.2 Å². The van der Waals surface area contributed by atoms with Crippen molar-refractivity contribution in [3.63, 3.8) is 0 Å². The minimum absolute atomic E-state index is 0.287. The zero-order valence-corrected chi connectivity index (χ0v) is 7.03. The minimum Gasteiger partial charge on any atom is -0.390 e. The van der Waals surface area contributed by atoms with Gasteiger partial charge in [0.15, 0.2) is 0 Å². The monoisotopic (exact) mass is 158 g/mol. The Morgan fingerprint density at radius 2 is 1.30 bits per heavy atom. The van der Waals surface area contributed by atoms with Crippen LogP contribution in [0, 0.1) is 0 Å². The van der Waals surface area contributed by atoms with E-state index in [4.69, 9.17) is 0 Å². The van der Waals surface area contributed by atoms with Gasteiger partial charge >= 0.3 is 0 Å². The summed E-state index contributed by atoms with van der Waals surface area (Å²) in [4.78, 5) is 0. The molecule has 0 aliphatic heterocycles. The van der Waals surface area contributed by atoms with Gasteiger partial charge < -0.3 is 5.11 Å². The molecule has 0 amide bonds. The molecule has 1 N–H and O–H groups in total. The van der Waals surface area contributed by atoms with Crippen LogP contribution in [-0.4, -0.2) is 15.5 Å². The van der Waals surface area contributed by atoms with Crippen LogP contribution in [0.2, 0.25) is 0 Å². The molecule has 10 heavy (non-hydrogen) atoms. The molecule has 0 unspecified atom stereocenters. The van der Waals surface area contributed by atoms with Crippen molar-refractivity contribution < 1.29 is 5.11 Å². The van der Waals surface area contributed by atoms with Gasteiger partial charge in [-0.1, -0.05) is 0 Å². The first kappa shape index (κ1) is 6.99. The van der Waals surface area contributed by atoms with Crippen molar-refractivity contribution in [3.05, 3.63) is 0 Å². The highest BCUT2D eigenvalue weighted by Crippen LogP contribution is 2.49. The second kappa shape index (κ2) is 1.92. The summed E-state index contributed by atoms with van der Waals surface area (Å²) >= 11 is 4.61. The van der Waals surface area contributed by atoms with Crippen LogP contribution in [0.5, 0.6) is 0 Å². The van der Waals surface area contributed by atoms with Gasteiger partial charge in [0.05, 0.1) is 5.60 Å². The van der Waals surface area contributed by atoms with E-state index in [1.165, 1.54) is 0 Å². The molecule has 0 aromatic heterocycles. The van der Waals surface area contributed by atoms with E-state index < -0.39 is 0 Å². The Balaban J connectivity index is 2.16. The summed E-state index contributed by atoms with van der Waals surface area (Å²) in [6.07, 6.45) is 6.30. The molecule has 3 aliphatic carbocycles. The van der Waals surface area contributed by atoms with E-state index in [0.717, 1.165) is 38.5 Å². The third-order valence-electron chi connectivity index (χ3n) is 3.17. The number of hydrogen-bond donors (Lipinski definition) is 2. The quantitative estimate of drug-likeness (QED) is 0.515. The molecule has 3 rings (SSSR count). The third-order valence-corrected chi connectivity index (χ3v) is 3.84. The number of aliphatic hydroxyl groups is 1. The van der Waals surface area contributed by atoms with Crippen molar-refractivity contribution in [2.45, 2.75) is 48.9 Å². The highest BCUT2D eigenvalue weighted by Gasteiger charge is 2.45. The van der Waals surface area contributed by atoms with Crippen LogP contribution in [0.4, 0.5) is 0 Å². The van der Waals surface area contributed by atoms with Crippen LogP contribution in [0.15, 0.2) is 0 Å². The zero-order chi connectivity index (χ0) is 7.24. The highest BCUT2D eigenvalue weighted by molar-refractivity contribution is 7.81. The Bertz CT molecular complexity index is 113. The molecule has 3 fully saturated rings. The predicted octanol–water partition coefficient (Wildman–Crippen LogP) is 1.75. The molecule has 0 spiro atoms. The summed E-state index contributed by atoms with van der Waals surface area (Å²) in [5.74, 6) is 0. The summed E-state index contributed by atoms with van der Waals surface area (Å²) in [7, 11) is 0. The van der Waals surface area contributed by atoms with Crippen molar-refractivity contribution in [1.82, 2.24) is 0 Å². The summed E-state index contributed by atoms with van der Waals surface area (Å²) in [6, 6.07) is 0. The van der Waals surface area contributed by atoms with E-state index >= 15 is 0 Å². The van der Waals surface area contributed by atoms with E-state index in [2.05, 4.69) is 12.6 Å². The molecule has 0 radical (unpaired) electrons. The van der Waals surface area contributed by atoms with Crippen molar-refractivity contribution in [2.24, 2.45) is 0 Å². The van der Waals surface area contributed by atoms with Crippen LogP contribution >= 0.6 is 12.6 Å². The average molecular weight is 158 g/mol. The van der Waals surface area contributed by atoms with Gasteiger partial charge in [0.1, 0.15) is 0 Å². The second-order valence-corrected chi connectivity index (χ2v) is 4.90. The van der Waals surface area contributed by atoms with Gasteiger partial charge in [-0.25, -0.2) is 0 Å². The van der Waals surface area contributed by atoms with Gasteiger partial charge in [0, 0.05) is 4.75 Å². The maximum absolute atomic E-state index is 9.80. The molecule has 0 saturated heterocycles. The number of rotatable bonds is 0. The minimum atomic E-state index is -0.287. The van der Waals surface area contributed by atoms with Crippen LogP contribution in [0.3, 0.4) is 0 Å². The maximum Gasteiger partial charge on any atom is 0.0649 e. The third kappa shape index (κ3) is 0.978. The number of hydrogen-bond acceptors (Lipinski definition) is 2.